The van der Waals surface area contributed by atoms with Crippen LogP contribution in [0.15, 0.2) is 36.4 Å². The lowest BCUT2D eigenvalue weighted by Crippen LogP contribution is -2.33. The third-order valence-corrected chi connectivity index (χ3v) is 7.93. The maximum Gasteiger partial charge on any atom is 0.146 e. The van der Waals surface area contributed by atoms with Crippen molar-refractivity contribution in [3.8, 4) is 23.0 Å². The summed E-state index contributed by atoms with van der Waals surface area (Å²) < 4.78 is 22.0. The van der Waals surface area contributed by atoms with E-state index in [2.05, 4.69) is 12.1 Å². The highest BCUT2D eigenvalue weighted by Gasteiger charge is 2.73. The van der Waals surface area contributed by atoms with E-state index in [1.165, 1.54) is 0 Å². The number of benzene rings is 2. The molecular weight excluding hydrogens is 392 g/mol. The Labute approximate surface area is 183 Å². The second-order valence-corrected chi connectivity index (χ2v) is 9.22. The summed E-state index contributed by atoms with van der Waals surface area (Å²) in [5, 5.41) is 0. The number of methoxy groups -OCH3 is 4. The van der Waals surface area contributed by atoms with Gasteiger partial charge in [0.1, 0.15) is 28.8 Å². The van der Waals surface area contributed by atoms with Gasteiger partial charge in [-0.3, -0.25) is 4.79 Å². The molecule has 2 aromatic carbocycles. The summed E-state index contributed by atoms with van der Waals surface area (Å²) in [6.07, 6.45) is 4.88. The summed E-state index contributed by atoms with van der Waals surface area (Å²) in [7, 11) is 6.68. The zero-order valence-electron chi connectivity index (χ0n) is 18.7. The zero-order chi connectivity index (χ0) is 21.8. The lowest BCUT2D eigenvalue weighted by atomic mass is 9.71. The van der Waals surface area contributed by atoms with E-state index in [-0.39, 0.29) is 22.7 Å². The van der Waals surface area contributed by atoms with Crippen molar-refractivity contribution < 1.29 is 23.7 Å². The van der Waals surface area contributed by atoms with E-state index in [1.807, 2.05) is 24.3 Å². The Bertz CT molecular complexity index is 951. The molecule has 3 aliphatic rings. The Kier molecular flexibility index (Phi) is 4.68. The van der Waals surface area contributed by atoms with E-state index in [0.29, 0.717) is 5.78 Å². The fraction of sp³-hybridized carbons (Fsp3) is 0.500. The van der Waals surface area contributed by atoms with Gasteiger partial charge < -0.3 is 18.9 Å². The van der Waals surface area contributed by atoms with Gasteiger partial charge in [-0.25, -0.2) is 0 Å². The Hall–Kier alpha value is -2.69. The van der Waals surface area contributed by atoms with Crippen LogP contribution in [0.3, 0.4) is 0 Å². The van der Waals surface area contributed by atoms with Crippen molar-refractivity contribution in [2.24, 2.45) is 10.8 Å². The second-order valence-electron chi connectivity index (χ2n) is 9.22. The smallest absolute Gasteiger partial charge is 0.146 e. The van der Waals surface area contributed by atoms with Crippen molar-refractivity contribution in [2.45, 2.75) is 43.9 Å². The molecule has 164 valence electrons. The van der Waals surface area contributed by atoms with E-state index in [1.54, 1.807) is 28.4 Å². The molecule has 3 aliphatic carbocycles. The Balaban J connectivity index is 1.43. The Morgan fingerprint density at radius 1 is 0.710 bits per heavy atom. The van der Waals surface area contributed by atoms with Crippen molar-refractivity contribution in [1.82, 2.24) is 0 Å². The highest BCUT2D eigenvalue weighted by atomic mass is 16.5. The third kappa shape index (κ3) is 2.93. The summed E-state index contributed by atoms with van der Waals surface area (Å²) in [6.45, 7) is 0. The number of hydrogen-bond donors (Lipinski definition) is 0. The molecule has 2 spiro atoms. The van der Waals surface area contributed by atoms with Gasteiger partial charge in [0.15, 0.2) is 0 Å². The van der Waals surface area contributed by atoms with E-state index in [0.717, 1.165) is 66.2 Å². The summed E-state index contributed by atoms with van der Waals surface area (Å²) in [5.74, 6) is 4.10. The maximum absolute atomic E-state index is 14.0. The molecule has 31 heavy (non-hydrogen) atoms. The molecule has 5 rings (SSSR count). The average Bonchev–Trinajstić information content (AvgIpc) is 3.72. The van der Waals surface area contributed by atoms with E-state index < -0.39 is 0 Å². The van der Waals surface area contributed by atoms with Crippen LogP contribution in [0.2, 0.25) is 0 Å². The first-order chi connectivity index (χ1) is 15.0. The quantitative estimate of drug-likeness (QED) is 0.647. The van der Waals surface area contributed by atoms with Crippen molar-refractivity contribution in [3.05, 3.63) is 47.5 Å². The van der Waals surface area contributed by atoms with Crippen LogP contribution >= 0.6 is 0 Å². The van der Waals surface area contributed by atoms with E-state index in [9.17, 15) is 4.79 Å². The van der Waals surface area contributed by atoms with Gasteiger partial charge in [-0.2, -0.15) is 0 Å². The monoisotopic (exact) mass is 422 g/mol. The van der Waals surface area contributed by atoms with Crippen molar-refractivity contribution in [2.75, 3.05) is 28.4 Å². The van der Waals surface area contributed by atoms with Gasteiger partial charge in [-0.05, 0) is 48.9 Å². The summed E-state index contributed by atoms with van der Waals surface area (Å²) >= 11 is 0. The number of carbonyl (C=O) groups is 1. The first-order valence-electron chi connectivity index (χ1n) is 11.0. The van der Waals surface area contributed by atoms with Gasteiger partial charge in [0.05, 0.1) is 28.4 Å². The first kappa shape index (κ1) is 20.2. The van der Waals surface area contributed by atoms with Crippen LogP contribution in [-0.2, 0) is 4.79 Å². The van der Waals surface area contributed by atoms with Crippen molar-refractivity contribution in [3.63, 3.8) is 0 Å². The average molecular weight is 423 g/mol. The largest absolute Gasteiger partial charge is 0.497 e. The topological polar surface area (TPSA) is 54.0 Å². The molecule has 0 saturated heterocycles. The fourth-order valence-corrected chi connectivity index (χ4v) is 6.14. The van der Waals surface area contributed by atoms with Crippen LogP contribution in [-0.4, -0.2) is 34.2 Å². The summed E-state index contributed by atoms with van der Waals surface area (Å²) in [6, 6.07) is 11.9. The van der Waals surface area contributed by atoms with E-state index in [4.69, 9.17) is 18.9 Å². The van der Waals surface area contributed by atoms with Crippen LogP contribution in [0, 0.1) is 10.8 Å². The highest BCUT2D eigenvalue weighted by molar-refractivity contribution is 5.98. The molecule has 5 nitrogen and oxygen atoms in total. The predicted molar refractivity (Wildman–Crippen MR) is 118 cm³/mol. The van der Waals surface area contributed by atoms with Crippen LogP contribution < -0.4 is 18.9 Å². The lowest BCUT2D eigenvalue weighted by molar-refractivity contribution is -0.132. The van der Waals surface area contributed by atoms with Gasteiger partial charge in [0.2, 0.25) is 0 Å². The molecular formula is C26H30O5. The molecule has 5 heteroatoms. The number of rotatable bonds is 6. The van der Waals surface area contributed by atoms with Crippen LogP contribution in [0.1, 0.15) is 55.1 Å². The van der Waals surface area contributed by atoms with Gasteiger partial charge in [0, 0.05) is 34.8 Å². The Morgan fingerprint density at radius 3 is 1.55 bits per heavy atom. The molecule has 2 aromatic rings. The Morgan fingerprint density at radius 2 is 1.16 bits per heavy atom. The SMILES string of the molecule is COc1ccc([C@H]2C[C@]23CCC[C@@]2(C[C@@H]2c2ccc(OC)cc2OC)C3=O)c(OC)c1. The normalized spacial score (nSPS) is 30.9. The molecule has 0 radical (unpaired) electrons. The maximum atomic E-state index is 14.0. The first-order valence-corrected chi connectivity index (χ1v) is 11.0. The molecule has 0 bridgehead atoms. The third-order valence-electron chi connectivity index (χ3n) is 7.93. The number of ether oxygens (including phenoxy) is 4. The molecule has 0 N–H and O–H groups in total. The van der Waals surface area contributed by atoms with Crippen molar-refractivity contribution >= 4 is 5.78 Å². The lowest BCUT2D eigenvalue weighted by Gasteiger charge is -2.30. The molecule has 3 fully saturated rings. The van der Waals surface area contributed by atoms with Crippen LogP contribution in [0.4, 0.5) is 0 Å². The second kappa shape index (κ2) is 7.18. The number of carbonyl (C=O) groups excluding carboxylic acids is 1. The molecule has 0 aliphatic heterocycles. The number of ketones is 1. The van der Waals surface area contributed by atoms with Gasteiger partial charge in [0.25, 0.3) is 0 Å². The van der Waals surface area contributed by atoms with Crippen molar-refractivity contribution in [1.29, 1.82) is 0 Å². The molecule has 0 unspecified atom stereocenters. The summed E-state index contributed by atoms with van der Waals surface area (Å²) in [4.78, 5) is 14.0. The van der Waals surface area contributed by atoms with Gasteiger partial charge in [-0.15, -0.1) is 0 Å². The van der Waals surface area contributed by atoms with Crippen LogP contribution in [0.5, 0.6) is 23.0 Å². The summed E-state index contributed by atoms with van der Waals surface area (Å²) in [5.41, 5.74) is 1.78. The van der Waals surface area contributed by atoms with Gasteiger partial charge >= 0.3 is 0 Å². The molecule has 0 aromatic heterocycles. The standard InChI is InChI=1S/C26H30O5/c1-28-16-6-8-18(22(12-16)30-3)20-14-25(20)10-5-11-26(24(25)27)15-21(26)19-9-7-17(29-2)13-23(19)31-4/h6-9,12-13,20-21H,5,10-11,14-15H2,1-4H3/t20-,21-,25-,26+/m1/s1. The molecule has 3 saturated carbocycles. The number of Topliss-reactive ketones (excluding diaryl/α,β-unsaturated/α-hetero) is 1. The van der Waals surface area contributed by atoms with Gasteiger partial charge in [-0.1, -0.05) is 18.6 Å². The fourth-order valence-electron chi connectivity index (χ4n) is 6.14. The number of hydrogen-bond acceptors (Lipinski definition) is 5. The minimum absolute atomic E-state index is 0.233. The molecule has 0 heterocycles. The highest BCUT2D eigenvalue weighted by Crippen LogP contribution is 2.76. The zero-order valence-corrected chi connectivity index (χ0v) is 18.7. The molecule has 4 atom stereocenters. The van der Waals surface area contributed by atoms with E-state index >= 15 is 0 Å². The minimum Gasteiger partial charge on any atom is -0.497 e. The minimum atomic E-state index is -0.241. The predicted octanol–water partition coefficient (Wildman–Crippen LogP) is 5.12. The molecule has 0 amide bonds. The van der Waals surface area contributed by atoms with Crippen LogP contribution in [0.25, 0.3) is 0 Å².